The van der Waals surface area contributed by atoms with Gasteiger partial charge in [-0.15, -0.1) is 0 Å². The molecule has 3 aromatic rings. The maximum absolute atomic E-state index is 11.0. The zero-order chi connectivity index (χ0) is 13.9. The highest BCUT2D eigenvalue weighted by molar-refractivity contribution is 6.00. The molecule has 1 aromatic heterocycles. The molecule has 20 heavy (non-hydrogen) atoms. The molecule has 0 radical (unpaired) electrons. The predicted molar refractivity (Wildman–Crippen MR) is 75.8 cm³/mol. The number of carbonyl (C=O) groups is 1. The fraction of sp³-hybridized carbons (Fsp3) is 0. The van der Waals surface area contributed by atoms with Gasteiger partial charge in [0.25, 0.3) is 0 Å². The minimum absolute atomic E-state index is 0.0955. The van der Waals surface area contributed by atoms with Crippen LogP contribution in [0, 0.1) is 0 Å². The maximum atomic E-state index is 11.0. The number of nitrogens with one attached hydrogen (secondary N) is 1. The van der Waals surface area contributed by atoms with E-state index in [1.807, 2.05) is 42.5 Å². The van der Waals surface area contributed by atoms with Gasteiger partial charge in [0, 0.05) is 5.56 Å². The lowest BCUT2D eigenvalue weighted by molar-refractivity contribution is -0.254. The van der Waals surface area contributed by atoms with E-state index in [-0.39, 0.29) is 5.56 Å². The molecule has 0 spiro atoms. The van der Waals surface area contributed by atoms with E-state index in [1.54, 1.807) is 12.1 Å². The molecule has 1 N–H and O–H groups in total. The molecular weight excluding hydrogens is 252 g/mol. The predicted octanol–water partition coefficient (Wildman–Crippen LogP) is 2.10. The fourth-order valence-electron chi connectivity index (χ4n) is 2.03. The smallest absolute Gasteiger partial charge is 0.131 e. The van der Waals surface area contributed by atoms with Crippen molar-refractivity contribution in [2.45, 2.75) is 0 Å². The molecule has 0 atom stereocenters. The lowest BCUT2D eigenvalue weighted by Gasteiger charge is -2.01. The molecule has 0 aliphatic heterocycles. The van der Waals surface area contributed by atoms with E-state index in [9.17, 15) is 9.90 Å². The van der Waals surface area contributed by atoms with Gasteiger partial charge in [-0.2, -0.15) is 0 Å². The Hall–Kier alpha value is -2.88. The minimum atomic E-state index is -1.22. The number of aromatic nitrogens is 2. The van der Waals surface area contributed by atoms with Crippen molar-refractivity contribution in [1.82, 2.24) is 9.97 Å². The van der Waals surface area contributed by atoms with E-state index >= 15 is 0 Å². The number of aromatic carboxylic acids is 1. The molecular formula is C16H11N2O2-. The highest BCUT2D eigenvalue weighted by Crippen LogP contribution is 2.17. The average Bonchev–Trinajstić information content (AvgIpc) is 2.88. The van der Waals surface area contributed by atoms with Crippen LogP contribution in [0.2, 0.25) is 0 Å². The van der Waals surface area contributed by atoms with Crippen molar-refractivity contribution in [3.8, 4) is 0 Å². The summed E-state index contributed by atoms with van der Waals surface area (Å²) in [5.41, 5.74) is 2.24. The molecule has 4 nitrogen and oxygen atoms in total. The molecule has 0 unspecified atom stereocenters. The minimum Gasteiger partial charge on any atom is -0.545 e. The Labute approximate surface area is 115 Å². The molecule has 4 heteroatoms. The molecule has 0 saturated heterocycles. The average molecular weight is 263 g/mol. The van der Waals surface area contributed by atoms with Crippen molar-refractivity contribution in [1.29, 1.82) is 0 Å². The first-order valence-corrected chi connectivity index (χ1v) is 6.17. The van der Waals surface area contributed by atoms with Crippen molar-refractivity contribution >= 4 is 29.2 Å². The van der Waals surface area contributed by atoms with Crippen molar-refractivity contribution in [2.75, 3.05) is 0 Å². The van der Waals surface area contributed by atoms with Gasteiger partial charge in [-0.05, 0) is 17.7 Å². The maximum Gasteiger partial charge on any atom is 0.131 e. The third-order valence-electron chi connectivity index (χ3n) is 2.98. The molecule has 0 aliphatic rings. The van der Waals surface area contributed by atoms with E-state index in [0.717, 1.165) is 5.56 Å². The van der Waals surface area contributed by atoms with Gasteiger partial charge in [0.05, 0.1) is 17.0 Å². The van der Waals surface area contributed by atoms with E-state index in [0.29, 0.717) is 16.9 Å². The molecule has 0 amide bonds. The topological polar surface area (TPSA) is 68.8 Å². The number of para-hydroxylation sites is 1. The quantitative estimate of drug-likeness (QED) is 0.786. The third-order valence-corrected chi connectivity index (χ3v) is 2.98. The largest absolute Gasteiger partial charge is 0.545 e. The Bertz CT molecular complexity index is 789. The summed E-state index contributed by atoms with van der Waals surface area (Å²) in [6, 6.07) is 14.7. The summed E-state index contributed by atoms with van der Waals surface area (Å²) in [7, 11) is 0. The summed E-state index contributed by atoms with van der Waals surface area (Å²) in [5, 5.41) is 11.0. The first-order valence-electron chi connectivity index (χ1n) is 6.17. The van der Waals surface area contributed by atoms with Crippen LogP contribution in [0.3, 0.4) is 0 Å². The van der Waals surface area contributed by atoms with Crippen LogP contribution in [0.4, 0.5) is 0 Å². The number of hydrogen-bond donors (Lipinski definition) is 1. The molecule has 98 valence electrons. The summed E-state index contributed by atoms with van der Waals surface area (Å²) in [4.78, 5) is 18.4. The van der Waals surface area contributed by atoms with Crippen molar-refractivity contribution in [3.63, 3.8) is 0 Å². The third kappa shape index (κ3) is 2.31. The molecule has 3 rings (SSSR count). The number of fused-ring (bicyclic) bond motifs is 1. The number of H-pyrrole nitrogens is 1. The summed E-state index contributed by atoms with van der Waals surface area (Å²) < 4.78 is 0. The number of imidazole rings is 1. The summed E-state index contributed by atoms with van der Waals surface area (Å²) in [6.45, 7) is 0. The first-order chi connectivity index (χ1) is 9.74. The Morgan fingerprint density at radius 2 is 1.85 bits per heavy atom. The standard InChI is InChI=1S/C16H12N2O2/c19-16(20)12-7-4-8-13-15(12)18-14(17-13)10-9-11-5-2-1-3-6-11/h1-10H,(H,17,18)(H,19,20)/p-1/b10-9+. The Kier molecular flexibility index (Phi) is 3.05. The normalized spacial score (nSPS) is 11.2. The summed E-state index contributed by atoms with van der Waals surface area (Å²) in [5.74, 6) is -0.613. The zero-order valence-electron chi connectivity index (χ0n) is 10.5. The van der Waals surface area contributed by atoms with Crippen LogP contribution >= 0.6 is 0 Å². The number of carboxylic acids is 1. The molecule has 0 bridgehead atoms. The second-order valence-corrected chi connectivity index (χ2v) is 4.36. The molecule has 0 saturated carbocycles. The van der Waals surface area contributed by atoms with Gasteiger partial charge in [0.2, 0.25) is 0 Å². The fourth-order valence-corrected chi connectivity index (χ4v) is 2.03. The van der Waals surface area contributed by atoms with E-state index in [4.69, 9.17) is 0 Å². The van der Waals surface area contributed by atoms with Crippen LogP contribution in [0.15, 0.2) is 48.5 Å². The Morgan fingerprint density at radius 3 is 2.60 bits per heavy atom. The number of carboxylic acid groups (broad SMARTS) is 1. The second kappa shape index (κ2) is 5.01. The van der Waals surface area contributed by atoms with Gasteiger partial charge in [0.1, 0.15) is 5.82 Å². The van der Waals surface area contributed by atoms with Gasteiger partial charge in [0.15, 0.2) is 0 Å². The van der Waals surface area contributed by atoms with Gasteiger partial charge in [-0.3, -0.25) is 0 Å². The lowest BCUT2D eigenvalue weighted by atomic mass is 10.2. The van der Waals surface area contributed by atoms with E-state index in [1.165, 1.54) is 6.07 Å². The summed E-state index contributed by atoms with van der Waals surface area (Å²) in [6.07, 6.45) is 3.73. The van der Waals surface area contributed by atoms with Crippen LogP contribution in [-0.4, -0.2) is 15.9 Å². The lowest BCUT2D eigenvalue weighted by Crippen LogP contribution is -2.22. The Morgan fingerprint density at radius 1 is 1.05 bits per heavy atom. The number of aromatic amines is 1. The number of carbonyl (C=O) groups excluding carboxylic acids is 1. The zero-order valence-corrected chi connectivity index (χ0v) is 10.5. The van der Waals surface area contributed by atoms with Crippen LogP contribution in [-0.2, 0) is 0 Å². The molecule has 1 heterocycles. The SMILES string of the molecule is O=C([O-])c1cccc2[nH]c(/C=C/c3ccccc3)nc12. The first kappa shape index (κ1) is 12.2. The van der Waals surface area contributed by atoms with Gasteiger partial charge in [-0.1, -0.05) is 48.5 Å². The van der Waals surface area contributed by atoms with E-state index in [2.05, 4.69) is 9.97 Å². The van der Waals surface area contributed by atoms with E-state index < -0.39 is 5.97 Å². The Balaban J connectivity index is 2.00. The van der Waals surface area contributed by atoms with Crippen molar-refractivity contribution in [2.24, 2.45) is 0 Å². The number of benzene rings is 2. The number of rotatable bonds is 3. The van der Waals surface area contributed by atoms with Crippen LogP contribution < -0.4 is 5.11 Å². The van der Waals surface area contributed by atoms with Crippen molar-refractivity contribution < 1.29 is 9.90 Å². The van der Waals surface area contributed by atoms with Crippen LogP contribution in [0.1, 0.15) is 21.7 Å². The van der Waals surface area contributed by atoms with Crippen LogP contribution in [0.5, 0.6) is 0 Å². The van der Waals surface area contributed by atoms with Gasteiger partial charge >= 0.3 is 0 Å². The molecule has 0 aliphatic carbocycles. The second-order valence-electron chi connectivity index (χ2n) is 4.36. The highest BCUT2D eigenvalue weighted by atomic mass is 16.4. The molecule has 2 aromatic carbocycles. The summed E-state index contributed by atoms with van der Waals surface area (Å²) >= 11 is 0. The highest BCUT2D eigenvalue weighted by Gasteiger charge is 2.06. The number of hydrogen-bond acceptors (Lipinski definition) is 3. The van der Waals surface area contributed by atoms with Crippen LogP contribution in [0.25, 0.3) is 23.2 Å². The van der Waals surface area contributed by atoms with Gasteiger partial charge in [-0.25, -0.2) is 4.98 Å². The van der Waals surface area contributed by atoms with Gasteiger partial charge < -0.3 is 14.9 Å². The van der Waals surface area contributed by atoms with Crippen molar-refractivity contribution in [3.05, 3.63) is 65.5 Å². The molecule has 0 fully saturated rings. The monoisotopic (exact) mass is 263 g/mol. The number of nitrogens with zero attached hydrogens (tertiary/aromatic N) is 1.